The van der Waals surface area contributed by atoms with Crippen LogP contribution in [0.3, 0.4) is 0 Å². The number of rotatable bonds is 8. The highest BCUT2D eigenvalue weighted by Crippen LogP contribution is 2.37. The van der Waals surface area contributed by atoms with E-state index in [4.69, 9.17) is 32.7 Å². The predicted molar refractivity (Wildman–Crippen MR) is 108 cm³/mol. The van der Waals surface area contributed by atoms with Crippen molar-refractivity contribution in [2.45, 2.75) is 39.5 Å². The fraction of sp³-hybridized carbons (Fsp3) is 0.368. The molecular weight excluding hydrogens is 425 g/mol. The molecule has 2 aromatic carbocycles. The summed E-state index contributed by atoms with van der Waals surface area (Å²) in [5.74, 6) is 1.36. The molecular formula is C19H22BrCl2NO2. The van der Waals surface area contributed by atoms with E-state index in [0.29, 0.717) is 34.2 Å². The second-order valence-corrected chi connectivity index (χ2v) is 7.51. The third-order valence-corrected chi connectivity index (χ3v) is 5.25. The van der Waals surface area contributed by atoms with Gasteiger partial charge in [0.1, 0.15) is 6.61 Å². The Bertz CT molecular complexity index is 725. The van der Waals surface area contributed by atoms with Gasteiger partial charge < -0.3 is 14.8 Å². The largest absolute Gasteiger partial charge is 0.493 e. The number of hydrogen-bond acceptors (Lipinski definition) is 3. The summed E-state index contributed by atoms with van der Waals surface area (Å²) in [6, 6.07) is 9.95. The smallest absolute Gasteiger partial charge is 0.175 e. The molecule has 0 saturated carbocycles. The number of halogens is 3. The number of nitrogens with one attached hydrogen (secondary N) is 1. The van der Waals surface area contributed by atoms with Gasteiger partial charge in [0.25, 0.3) is 0 Å². The SMILES string of the molecule is CC[C@H](C)NCc1cc(Br)c(OCc2ccc(Cl)c(Cl)c2)c(OC)c1. The van der Waals surface area contributed by atoms with Gasteiger partial charge in [-0.25, -0.2) is 0 Å². The summed E-state index contributed by atoms with van der Waals surface area (Å²) in [5, 5.41) is 4.52. The van der Waals surface area contributed by atoms with E-state index in [1.807, 2.05) is 18.2 Å². The van der Waals surface area contributed by atoms with Crippen molar-refractivity contribution >= 4 is 39.1 Å². The molecule has 0 unspecified atom stereocenters. The van der Waals surface area contributed by atoms with Crippen molar-refractivity contribution in [3.63, 3.8) is 0 Å². The van der Waals surface area contributed by atoms with E-state index >= 15 is 0 Å². The molecule has 0 radical (unpaired) electrons. The van der Waals surface area contributed by atoms with Crippen LogP contribution in [0.1, 0.15) is 31.4 Å². The molecule has 25 heavy (non-hydrogen) atoms. The zero-order valence-corrected chi connectivity index (χ0v) is 17.6. The maximum Gasteiger partial charge on any atom is 0.175 e. The van der Waals surface area contributed by atoms with Crippen molar-refractivity contribution in [1.29, 1.82) is 0 Å². The second-order valence-electron chi connectivity index (χ2n) is 5.84. The summed E-state index contributed by atoms with van der Waals surface area (Å²) in [5.41, 5.74) is 2.07. The molecule has 6 heteroatoms. The van der Waals surface area contributed by atoms with Gasteiger partial charge in [-0.05, 0) is 64.7 Å². The molecule has 0 aliphatic carbocycles. The fourth-order valence-electron chi connectivity index (χ4n) is 2.24. The predicted octanol–water partition coefficient (Wildman–Crippen LogP) is 6.23. The molecule has 2 rings (SSSR count). The van der Waals surface area contributed by atoms with E-state index in [1.165, 1.54) is 0 Å². The van der Waals surface area contributed by atoms with Crippen LogP contribution in [0.15, 0.2) is 34.8 Å². The van der Waals surface area contributed by atoms with E-state index in [2.05, 4.69) is 35.1 Å². The van der Waals surface area contributed by atoms with E-state index in [9.17, 15) is 0 Å². The molecule has 0 saturated heterocycles. The van der Waals surface area contributed by atoms with Gasteiger partial charge in [-0.3, -0.25) is 0 Å². The minimum atomic E-state index is 0.371. The Kier molecular flexibility index (Phi) is 7.88. The van der Waals surface area contributed by atoms with Crippen LogP contribution in [0.5, 0.6) is 11.5 Å². The lowest BCUT2D eigenvalue weighted by molar-refractivity contribution is 0.282. The van der Waals surface area contributed by atoms with E-state index in [1.54, 1.807) is 19.2 Å². The molecule has 0 aliphatic rings. The third-order valence-electron chi connectivity index (χ3n) is 3.92. The first-order valence-electron chi connectivity index (χ1n) is 8.11. The van der Waals surface area contributed by atoms with Crippen LogP contribution in [0.25, 0.3) is 0 Å². The lowest BCUT2D eigenvalue weighted by atomic mass is 10.1. The standard InChI is InChI=1S/C19H22BrCl2NO2/c1-4-12(2)23-10-14-7-15(20)19(18(9-14)24-3)25-11-13-5-6-16(21)17(22)8-13/h5-9,12,23H,4,10-11H2,1-3H3/t12-/m0/s1. The molecule has 0 amide bonds. The van der Waals surface area contributed by atoms with E-state index in [-0.39, 0.29) is 0 Å². The molecule has 0 aliphatic heterocycles. The maximum atomic E-state index is 6.05. The first-order valence-corrected chi connectivity index (χ1v) is 9.66. The molecule has 0 bridgehead atoms. The minimum Gasteiger partial charge on any atom is -0.493 e. The van der Waals surface area contributed by atoms with Crippen molar-refractivity contribution in [3.05, 3.63) is 56.0 Å². The monoisotopic (exact) mass is 445 g/mol. The van der Waals surface area contributed by atoms with Crippen LogP contribution in [0, 0.1) is 0 Å². The Morgan fingerprint density at radius 2 is 1.88 bits per heavy atom. The summed E-state index contributed by atoms with van der Waals surface area (Å²) in [6.07, 6.45) is 1.09. The van der Waals surface area contributed by atoms with E-state index < -0.39 is 0 Å². The summed E-state index contributed by atoms with van der Waals surface area (Å²) in [4.78, 5) is 0. The Morgan fingerprint density at radius 3 is 2.52 bits per heavy atom. The van der Waals surface area contributed by atoms with E-state index in [0.717, 1.165) is 28.6 Å². The molecule has 0 aromatic heterocycles. The summed E-state index contributed by atoms with van der Waals surface area (Å²) in [7, 11) is 1.64. The average molecular weight is 447 g/mol. The van der Waals surface area contributed by atoms with Gasteiger partial charge in [0, 0.05) is 12.6 Å². The van der Waals surface area contributed by atoms with Gasteiger partial charge in [0.15, 0.2) is 11.5 Å². The zero-order valence-electron chi connectivity index (χ0n) is 14.5. The first kappa shape index (κ1) is 20.4. The molecule has 0 heterocycles. The molecule has 2 aromatic rings. The topological polar surface area (TPSA) is 30.5 Å². The molecule has 1 N–H and O–H groups in total. The molecule has 3 nitrogen and oxygen atoms in total. The minimum absolute atomic E-state index is 0.371. The molecule has 1 atom stereocenters. The van der Waals surface area contributed by atoms with Crippen molar-refractivity contribution in [2.75, 3.05) is 7.11 Å². The molecule has 0 spiro atoms. The number of hydrogen-bond donors (Lipinski definition) is 1. The van der Waals surface area contributed by atoms with Crippen molar-refractivity contribution in [2.24, 2.45) is 0 Å². The number of benzene rings is 2. The van der Waals surface area contributed by atoms with Crippen LogP contribution in [0.4, 0.5) is 0 Å². The Hall–Kier alpha value is -0.940. The van der Waals surface area contributed by atoms with Crippen molar-refractivity contribution in [3.8, 4) is 11.5 Å². The van der Waals surface area contributed by atoms with Crippen molar-refractivity contribution < 1.29 is 9.47 Å². The number of methoxy groups -OCH3 is 1. The highest BCUT2D eigenvalue weighted by atomic mass is 79.9. The van der Waals surface area contributed by atoms with Gasteiger partial charge in [0.05, 0.1) is 21.6 Å². The zero-order chi connectivity index (χ0) is 18.4. The van der Waals surface area contributed by atoms with Crippen LogP contribution in [-0.2, 0) is 13.2 Å². The Labute approximate surface area is 167 Å². The molecule has 0 fully saturated rings. The second kappa shape index (κ2) is 9.67. The lowest BCUT2D eigenvalue weighted by Crippen LogP contribution is -2.24. The highest BCUT2D eigenvalue weighted by Gasteiger charge is 2.13. The Morgan fingerprint density at radius 1 is 1.12 bits per heavy atom. The van der Waals surface area contributed by atoms with Gasteiger partial charge in [-0.2, -0.15) is 0 Å². The quantitative estimate of drug-likeness (QED) is 0.521. The van der Waals surface area contributed by atoms with Gasteiger partial charge in [-0.1, -0.05) is 36.2 Å². The maximum absolute atomic E-state index is 6.05. The summed E-state index contributed by atoms with van der Waals surface area (Å²) < 4.78 is 12.3. The average Bonchev–Trinajstić information content (AvgIpc) is 2.61. The van der Waals surface area contributed by atoms with Crippen LogP contribution in [0.2, 0.25) is 10.0 Å². The summed E-state index contributed by atoms with van der Waals surface area (Å²) in [6.45, 7) is 5.47. The first-order chi connectivity index (χ1) is 11.9. The van der Waals surface area contributed by atoms with Crippen LogP contribution < -0.4 is 14.8 Å². The van der Waals surface area contributed by atoms with Crippen LogP contribution in [-0.4, -0.2) is 13.2 Å². The lowest BCUT2D eigenvalue weighted by Gasteiger charge is -2.16. The fourth-order valence-corrected chi connectivity index (χ4v) is 3.16. The number of ether oxygens (including phenoxy) is 2. The van der Waals surface area contributed by atoms with Crippen molar-refractivity contribution in [1.82, 2.24) is 5.32 Å². The van der Waals surface area contributed by atoms with Crippen LogP contribution >= 0.6 is 39.1 Å². The van der Waals surface area contributed by atoms with Gasteiger partial charge in [-0.15, -0.1) is 0 Å². The third kappa shape index (κ3) is 5.78. The summed E-state index contributed by atoms with van der Waals surface area (Å²) >= 11 is 15.6. The normalized spacial score (nSPS) is 12.1. The Balaban J connectivity index is 2.12. The highest BCUT2D eigenvalue weighted by molar-refractivity contribution is 9.10. The van der Waals surface area contributed by atoms with Gasteiger partial charge >= 0.3 is 0 Å². The molecule has 136 valence electrons. The van der Waals surface area contributed by atoms with Gasteiger partial charge in [0.2, 0.25) is 0 Å².